The Morgan fingerprint density at radius 1 is 0.931 bits per heavy atom. The van der Waals surface area contributed by atoms with Crippen LogP contribution in [0.1, 0.15) is 68.9 Å². The van der Waals surface area contributed by atoms with Crippen LogP contribution in [-0.4, -0.2) is 103 Å². The molecule has 0 aromatic heterocycles. The summed E-state index contributed by atoms with van der Waals surface area (Å²) in [4.78, 5) is 46.4. The smallest absolute Gasteiger partial charge is 0.303 e. The van der Waals surface area contributed by atoms with E-state index in [0.29, 0.717) is 55.4 Å². The Morgan fingerprint density at radius 3 is 2.12 bits per heavy atom. The molecule has 2 aliphatic carbocycles. The van der Waals surface area contributed by atoms with Crippen molar-refractivity contribution in [2.24, 2.45) is 5.92 Å². The molecule has 3 heterocycles. The van der Waals surface area contributed by atoms with Gasteiger partial charge in [-0.3, -0.25) is 23.5 Å². The molecule has 308 valence electrons. The highest BCUT2D eigenvalue weighted by atomic mass is 32.2. The third-order valence-corrected chi connectivity index (χ3v) is 12.4. The number of fused-ring (bicyclic) bond motifs is 4. The second-order valence-corrected chi connectivity index (χ2v) is 18.9. The van der Waals surface area contributed by atoms with Gasteiger partial charge in [0.05, 0.1) is 23.1 Å². The number of carboxylic acid groups (broad SMARTS) is 1. The van der Waals surface area contributed by atoms with Crippen LogP contribution in [-0.2, 0) is 39.4 Å². The molecular formula is C41H44N2O13S2. The first kappa shape index (κ1) is 42.4. The second-order valence-electron chi connectivity index (χ2n) is 16.0. The number of esters is 1. The van der Waals surface area contributed by atoms with Crippen molar-refractivity contribution in [3.05, 3.63) is 105 Å². The second kappa shape index (κ2) is 14.9. The fraction of sp³-hybridized carbons (Fsp3) is 0.390. The van der Waals surface area contributed by atoms with E-state index in [0.717, 1.165) is 0 Å². The summed E-state index contributed by atoms with van der Waals surface area (Å²) in [6.07, 6.45) is 5.96. The fourth-order valence-corrected chi connectivity index (χ4v) is 9.29. The molecule has 5 aliphatic rings. The lowest BCUT2D eigenvalue weighted by Gasteiger charge is -2.46. The maximum atomic E-state index is 12.4. The zero-order chi connectivity index (χ0) is 42.9. The van der Waals surface area contributed by atoms with Crippen LogP contribution in [0.3, 0.4) is 0 Å². The predicted molar refractivity (Wildman–Crippen MR) is 210 cm³/mol. The molecule has 0 bridgehead atoms. The molecular weight excluding hydrogens is 793 g/mol. The number of Topliss-reactive ketones (excluding diaryl/α,β-unsaturated/α-hetero) is 2. The first-order chi connectivity index (χ1) is 26.8. The highest BCUT2D eigenvalue weighted by Crippen LogP contribution is 2.45. The minimum absolute atomic E-state index is 0.0671. The summed E-state index contributed by atoms with van der Waals surface area (Å²) in [5.74, 6) is -4.00. The van der Waals surface area contributed by atoms with E-state index < -0.39 is 72.9 Å². The molecule has 1 fully saturated rings. The summed E-state index contributed by atoms with van der Waals surface area (Å²) in [6.45, 7) is 8.86. The van der Waals surface area contributed by atoms with Gasteiger partial charge in [0.1, 0.15) is 30.4 Å². The number of rotatable bonds is 7. The van der Waals surface area contributed by atoms with Crippen LogP contribution in [0.2, 0.25) is 0 Å². The van der Waals surface area contributed by atoms with Crippen molar-refractivity contribution in [2.45, 2.75) is 70.7 Å². The van der Waals surface area contributed by atoms with Gasteiger partial charge in [0.15, 0.2) is 17.1 Å². The molecule has 7 rings (SSSR count). The maximum absolute atomic E-state index is 12.4. The highest BCUT2D eigenvalue weighted by Gasteiger charge is 2.42. The van der Waals surface area contributed by atoms with Crippen molar-refractivity contribution < 1.29 is 59.7 Å². The molecule has 2 atom stereocenters. The summed E-state index contributed by atoms with van der Waals surface area (Å²) >= 11 is 0. The third kappa shape index (κ3) is 8.34. The minimum atomic E-state index is -4.42. The largest absolute Gasteiger partial charge is 0.545 e. The molecule has 17 heteroatoms. The Bertz CT molecular complexity index is 2650. The van der Waals surface area contributed by atoms with E-state index in [2.05, 4.69) is 4.74 Å². The average Bonchev–Trinajstić information content (AvgIpc) is 3.41. The Kier molecular flexibility index (Phi) is 10.9. The van der Waals surface area contributed by atoms with Gasteiger partial charge >= 0.3 is 5.97 Å². The van der Waals surface area contributed by atoms with Crippen LogP contribution in [0, 0.1) is 5.92 Å². The highest BCUT2D eigenvalue weighted by molar-refractivity contribution is 7.86. The average molecular weight is 837 g/mol. The fourth-order valence-electron chi connectivity index (χ4n) is 8.03. The number of ether oxygens (including phenoxy) is 2. The monoisotopic (exact) mass is 836 g/mol. The van der Waals surface area contributed by atoms with Gasteiger partial charge in [-0.1, -0.05) is 36.4 Å². The van der Waals surface area contributed by atoms with Crippen LogP contribution in [0.5, 0.6) is 5.75 Å². The molecule has 15 nitrogen and oxygen atoms in total. The molecule has 1 saturated carbocycles. The first-order valence-corrected chi connectivity index (χ1v) is 21.5. The number of allylic oxidation sites excluding steroid dienone is 1. The lowest BCUT2D eigenvalue weighted by molar-refractivity contribution is -0.255. The number of aromatic carboxylic acids is 1. The van der Waals surface area contributed by atoms with Gasteiger partial charge < -0.3 is 24.3 Å². The summed E-state index contributed by atoms with van der Waals surface area (Å²) in [6, 6.07) is 9.96. The Hall–Kier alpha value is -5.23. The van der Waals surface area contributed by atoms with Crippen LogP contribution < -0.4 is 25.0 Å². The van der Waals surface area contributed by atoms with Gasteiger partial charge in [0, 0.05) is 63.1 Å². The standard InChI is InChI=1S/C34H36N2O9S2.C7H8O4/c1-33(2)15-19(17-46(39,40)41)23-11-25-29(13-27(23)35(33)5)45-30-14-28-24(20(18-47(42,43)44)16-34(3,4)36(28)6)12-26(30)31(25)21-9-7-8-10-22(21)32(37)38;1-4(8)11-7-5(9)2-3-6(7)10/h7-16,25,29H,17-18H2,1-6H3,(H2-,37,38,39,40,41,42,43,44);7H,2-3H2,1H3. The van der Waals surface area contributed by atoms with Crippen LogP contribution >= 0.6 is 0 Å². The number of likely N-dealkylation sites (N-methyl/N-ethyl adjacent to an activating group) is 2. The molecule has 0 spiro atoms. The van der Waals surface area contributed by atoms with Gasteiger partial charge in [-0.2, -0.15) is 16.8 Å². The summed E-state index contributed by atoms with van der Waals surface area (Å²) < 4.78 is 81.4. The van der Waals surface area contributed by atoms with Gasteiger partial charge in [-0.05, 0) is 59.9 Å². The molecule has 2 aromatic carbocycles. The molecule has 58 heavy (non-hydrogen) atoms. The van der Waals surface area contributed by atoms with Crippen molar-refractivity contribution in [1.82, 2.24) is 9.48 Å². The van der Waals surface area contributed by atoms with Crippen molar-refractivity contribution in [1.29, 1.82) is 0 Å². The number of carboxylic acids is 1. The molecule has 2 N–H and O–H groups in total. The number of benzene rings is 2. The van der Waals surface area contributed by atoms with Crippen molar-refractivity contribution >= 4 is 54.9 Å². The topological polar surface area (TPSA) is 225 Å². The predicted octanol–water partition coefficient (Wildman–Crippen LogP) is 1.02. The van der Waals surface area contributed by atoms with Gasteiger partial charge in [-0.25, -0.2) is 4.58 Å². The van der Waals surface area contributed by atoms with Crippen molar-refractivity contribution in [2.75, 3.05) is 25.6 Å². The number of hydrogen-bond donors (Lipinski definition) is 2. The Labute approximate surface area is 335 Å². The number of carbonyl (C=O) groups excluding carboxylic acids is 4. The minimum Gasteiger partial charge on any atom is -0.545 e. The first-order valence-electron chi connectivity index (χ1n) is 18.3. The molecule has 0 amide bonds. The van der Waals surface area contributed by atoms with Crippen LogP contribution in [0.25, 0.3) is 11.1 Å². The lowest BCUT2D eigenvalue weighted by atomic mass is 9.75. The zero-order valence-corrected chi connectivity index (χ0v) is 34.6. The van der Waals surface area contributed by atoms with Crippen molar-refractivity contribution in [3.8, 4) is 5.75 Å². The van der Waals surface area contributed by atoms with E-state index in [-0.39, 0.29) is 30.0 Å². The third-order valence-electron chi connectivity index (χ3n) is 11.1. The molecule has 2 unspecified atom stereocenters. The quantitative estimate of drug-likeness (QED) is 0.172. The van der Waals surface area contributed by atoms with Gasteiger partial charge in [0.25, 0.3) is 20.2 Å². The van der Waals surface area contributed by atoms with Crippen molar-refractivity contribution in [3.63, 3.8) is 0 Å². The van der Waals surface area contributed by atoms with E-state index in [1.807, 2.05) is 63.4 Å². The molecule has 3 aliphatic heterocycles. The number of hydrogen-bond acceptors (Lipinski definition) is 12. The number of carbonyl (C=O) groups is 4. The Morgan fingerprint density at radius 2 is 1.53 bits per heavy atom. The number of ketones is 2. The number of nitrogens with zero attached hydrogens (tertiary/aromatic N) is 2. The molecule has 2 aromatic rings. The van der Waals surface area contributed by atoms with Crippen LogP contribution in [0.15, 0.2) is 77.5 Å². The van der Waals surface area contributed by atoms with Gasteiger partial charge in [0.2, 0.25) is 11.5 Å². The van der Waals surface area contributed by atoms with Crippen LogP contribution in [0.4, 0.5) is 0 Å². The molecule has 0 saturated heterocycles. The van der Waals surface area contributed by atoms with Gasteiger partial charge in [-0.15, -0.1) is 0 Å². The normalized spacial score (nSPS) is 22.1. The van der Waals surface area contributed by atoms with E-state index >= 15 is 0 Å². The SMILES string of the molecule is CC(=O)OC1C(=O)CCC1=O.CN1C2=CC3Oc4cc5c(cc4=C(c4ccccc4C(=O)[O-])C3C=C2C(CS(=O)(=O)O)=CC1(C)C)C(CS(=O)(=O)O)=CC(C)(C)[N+]=5C. The van der Waals surface area contributed by atoms with E-state index in [1.54, 1.807) is 42.5 Å². The summed E-state index contributed by atoms with van der Waals surface area (Å²) in [7, 11) is -5.08. The summed E-state index contributed by atoms with van der Waals surface area (Å²) in [5.41, 5.74) is 2.17. The Balaban J connectivity index is 0.000000447. The lowest BCUT2D eigenvalue weighted by Crippen LogP contribution is -2.49. The maximum Gasteiger partial charge on any atom is 0.303 e. The molecule has 0 radical (unpaired) electrons. The summed E-state index contributed by atoms with van der Waals surface area (Å²) in [5, 5.41) is 13.6. The van der Waals surface area contributed by atoms with E-state index in [4.69, 9.17) is 4.74 Å². The van der Waals surface area contributed by atoms with E-state index in [9.17, 15) is 50.2 Å². The zero-order valence-electron chi connectivity index (χ0n) is 32.9. The van der Waals surface area contributed by atoms with E-state index in [1.165, 1.54) is 13.0 Å².